The zero-order chi connectivity index (χ0) is 15.8. The van der Waals surface area contributed by atoms with Crippen LogP contribution in [0, 0.1) is 0 Å². The first kappa shape index (κ1) is 16.7. The zero-order valence-corrected chi connectivity index (χ0v) is 11.9. The second-order valence-electron chi connectivity index (χ2n) is 4.64. The van der Waals surface area contributed by atoms with Gasteiger partial charge in [0.2, 0.25) is 0 Å². The molecule has 0 aromatic heterocycles. The van der Waals surface area contributed by atoms with Gasteiger partial charge >= 0.3 is 11.9 Å². The van der Waals surface area contributed by atoms with Crippen molar-refractivity contribution in [3.8, 4) is 0 Å². The number of esters is 1. The Bertz CT molecular complexity index is 500. The largest absolute Gasteiger partial charge is 0.480 e. The quantitative estimate of drug-likeness (QED) is 0.550. The third-order valence-electron chi connectivity index (χ3n) is 2.63. The number of carboxylic acids is 1. The number of ether oxygens (including phenoxy) is 1. The molecule has 1 aromatic carbocycles. The van der Waals surface area contributed by atoms with E-state index in [4.69, 9.17) is 9.84 Å². The predicted molar refractivity (Wildman–Crippen MR) is 78.1 cm³/mol. The number of hydrogen-bond donors (Lipinski definition) is 2. The van der Waals surface area contributed by atoms with Crippen LogP contribution in [0.15, 0.2) is 42.5 Å². The van der Waals surface area contributed by atoms with Crippen LogP contribution in [-0.2, 0) is 14.3 Å². The van der Waals surface area contributed by atoms with Gasteiger partial charge in [-0.3, -0.25) is 4.79 Å². The summed E-state index contributed by atoms with van der Waals surface area (Å²) in [5, 5.41) is 18.8. The maximum Gasteiger partial charge on any atom is 0.333 e. The molecule has 0 aliphatic rings. The molecule has 0 bridgehead atoms. The Labute approximate surface area is 123 Å². The highest BCUT2D eigenvalue weighted by Gasteiger charge is 2.17. The van der Waals surface area contributed by atoms with Gasteiger partial charge in [0.15, 0.2) is 0 Å². The summed E-state index contributed by atoms with van der Waals surface area (Å²) in [5.74, 6) is -1.59. The van der Waals surface area contributed by atoms with E-state index in [1.165, 1.54) is 11.8 Å². The summed E-state index contributed by atoms with van der Waals surface area (Å²) in [7, 11) is 0. The summed E-state index contributed by atoms with van der Waals surface area (Å²) >= 11 is 0. The molecule has 114 valence electrons. The molecule has 1 aromatic rings. The van der Waals surface area contributed by atoms with Gasteiger partial charge in [-0.05, 0) is 19.1 Å². The molecule has 0 aliphatic carbocycles. The van der Waals surface area contributed by atoms with Crippen LogP contribution in [0.4, 0.5) is 5.69 Å². The van der Waals surface area contributed by atoms with Crippen molar-refractivity contribution in [2.75, 3.05) is 24.6 Å². The summed E-state index contributed by atoms with van der Waals surface area (Å²) in [6.07, 6.45) is -0.993. The van der Waals surface area contributed by atoms with E-state index in [1.807, 2.05) is 6.07 Å². The first-order chi connectivity index (χ1) is 9.90. The van der Waals surface area contributed by atoms with Gasteiger partial charge in [0, 0.05) is 17.8 Å². The second kappa shape index (κ2) is 8.06. The fourth-order valence-electron chi connectivity index (χ4n) is 1.67. The predicted octanol–water partition coefficient (Wildman–Crippen LogP) is 1.06. The molecule has 21 heavy (non-hydrogen) atoms. The minimum absolute atomic E-state index is 0.0415. The van der Waals surface area contributed by atoms with Crippen LogP contribution < -0.4 is 4.90 Å². The Morgan fingerprint density at radius 3 is 2.48 bits per heavy atom. The lowest BCUT2D eigenvalue weighted by Gasteiger charge is -2.25. The van der Waals surface area contributed by atoms with Crippen LogP contribution in [0.25, 0.3) is 0 Å². The summed E-state index contributed by atoms with van der Waals surface area (Å²) < 4.78 is 4.84. The Morgan fingerprint density at radius 2 is 1.95 bits per heavy atom. The minimum Gasteiger partial charge on any atom is -0.480 e. The number of aliphatic carboxylic acids is 1. The molecule has 1 atom stereocenters. The fourth-order valence-corrected chi connectivity index (χ4v) is 1.67. The molecule has 0 amide bonds. The molecule has 0 spiro atoms. The smallest absolute Gasteiger partial charge is 0.333 e. The Kier molecular flexibility index (Phi) is 6.42. The molecular weight excluding hydrogens is 274 g/mol. The van der Waals surface area contributed by atoms with Crippen molar-refractivity contribution < 1.29 is 24.5 Å². The van der Waals surface area contributed by atoms with E-state index in [2.05, 4.69) is 6.58 Å². The van der Waals surface area contributed by atoms with E-state index >= 15 is 0 Å². The van der Waals surface area contributed by atoms with Crippen molar-refractivity contribution in [1.82, 2.24) is 0 Å². The van der Waals surface area contributed by atoms with E-state index in [9.17, 15) is 14.7 Å². The number of rotatable bonds is 8. The van der Waals surface area contributed by atoms with Gasteiger partial charge in [0.1, 0.15) is 19.3 Å². The Hall–Kier alpha value is -2.34. The van der Waals surface area contributed by atoms with E-state index in [0.29, 0.717) is 5.69 Å². The summed E-state index contributed by atoms with van der Waals surface area (Å²) in [4.78, 5) is 23.6. The molecule has 0 radical (unpaired) electrons. The lowest BCUT2D eigenvalue weighted by atomic mass is 10.2. The van der Waals surface area contributed by atoms with Crippen LogP contribution in [0.3, 0.4) is 0 Å². The van der Waals surface area contributed by atoms with E-state index in [1.54, 1.807) is 24.3 Å². The van der Waals surface area contributed by atoms with Crippen molar-refractivity contribution in [2.45, 2.75) is 13.0 Å². The van der Waals surface area contributed by atoms with E-state index in [-0.39, 0.29) is 25.3 Å². The van der Waals surface area contributed by atoms with Gasteiger partial charge < -0.3 is 19.8 Å². The normalized spacial score (nSPS) is 11.5. The van der Waals surface area contributed by atoms with E-state index in [0.717, 1.165) is 0 Å². The van der Waals surface area contributed by atoms with Crippen LogP contribution >= 0.6 is 0 Å². The number of carbonyl (C=O) groups excluding carboxylic acids is 1. The number of aliphatic hydroxyl groups excluding tert-OH is 1. The SMILES string of the molecule is C=C(C)C(=O)OCC(O)CN(CC(=O)O)c1ccccc1. The Morgan fingerprint density at radius 1 is 1.33 bits per heavy atom. The first-order valence-electron chi connectivity index (χ1n) is 6.42. The number of hydrogen-bond acceptors (Lipinski definition) is 5. The van der Waals surface area contributed by atoms with Crippen molar-refractivity contribution >= 4 is 17.6 Å². The van der Waals surface area contributed by atoms with Gasteiger partial charge in [-0.1, -0.05) is 24.8 Å². The summed E-state index contributed by atoms with van der Waals surface area (Å²) in [5.41, 5.74) is 0.915. The number of carboxylic acid groups (broad SMARTS) is 1. The molecule has 0 fully saturated rings. The molecule has 6 nitrogen and oxygen atoms in total. The maximum atomic E-state index is 11.2. The molecular formula is C15H19NO5. The molecule has 0 heterocycles. The number of benzene rings is 1. The average molecular weight is 293 g/mol. The molecule has 1 rings (SSSR count). The fraction of sp³-hybridized carbons (Fsp3) is 0.333. The van der Waals surface area contributed by atoms with E-state index < -0.39 is 18.0 Å². The molecule has 0 saturated carbocycles. The van der Waals surface area contributed by atoms with Crippen LogP contribution in [0.5, 0.6) is 0 Å². The number of anilines is 1. The summed E-state index contributed by atoms with van der Waals surface area (Å²) in [6, 6.07) is 8.86. The zero-order valence-electron chi connectivity index (χ0n) is 11.9. The number of para-hydroxylation sites is 1. The molecule has 0 saturated heterocycles. The molecule has 1 unspecified atom stereocenters. The van der Waals surface area contributed by atoms with Crippen molar-refractivity contribution in [1.29, 1.82) is 0 Å². The third kappa shape index (κ3) is 6.09. The van der Waals surface area contributed by atoms with Gasteiger partial charge in [-0.25, -0.2) is 4.79 Å². The standard InChI is InChI=1S/C15H19NO5/c1-11(2)15(20)21-10-13(17)8-16(9-14(18)19)12-6-4-3-5-7-12/h3-7,13,17H,1,8-10H2,2H3,(H,18,19). The maximum absolute atomic E-state index is 11.2. The first-order valence-corrected chi connectivity index (χ1v) is 6.42. The number of carbonyl (C=O) groups is 2. The van der Waals surface area contributed by atoms with Gasteiger partial charge in [0.25, 0.3) is 0 Å². The average Bonchev–Trinajstić information content (AvgIpc) is 2.44. The molecule has 0 aliphatic heterocycles. The van der Waals surface area contributed by atoms with Crippen molar-refractivity contribution in [3.05, 3.63) is 42.5 Å². The highest BCUT2D eigenvalue weighted by molar-refractivity contribution is 5.86. The number of aliphatic hydroxyl groups is 1. The number of nitrogens with zero attached hydrogens (tertiary/aromatic N) is 1. The lowest BCUT2D eigenvalue weighted by Crippen LogP contribution is -2.38. The third-order valence-corrected chi connectivity index (χ3v) is 2.63. The van der Waals surface area contributed by atoms with Crippen LogP contribution in [-0.4, -0.2) is 48.0 Å². The highest BCUT2D eigenvalue weighted by Crippen LogP contribution is 2.13. The topological polar surface area (TPSA) is 87.1 Å². The summed E-state index contributed by atoms with van der Waals surface area (Å²) in [6.45, 7) is 4.52. The molecule has 6 heteroatoms. The lowest BCUT2D eigenvalue weighted by molar-refractivity contribution is -0.142. The molecule has 2 N–H and O–H groups in total. The van der Waals surface area contributed by atoms with Crippen molar-refractivity contribution in [2.24, 2.45) is 0 Å². The minimum atomic E-state index is -1.01. The second-order valence-corrected chi connectivity index (χ2v) is 4.64. The highest BCUT2D eigenvalue weighted by atomic mass is 16.5. The Balaban J connectivity index is 2.62. The van der Waals surface area contributed by atoms with Crippen LogP contribution in [0.1, 0.15) is 6.92 Å². The van der Waals surface area contributed by atoms with Crippen molar-refractivity contribution in [3.63, 3.8) is 0 Å². The van der Waals surface area contributed by atoms with Gasteiger partial charge in [0.05, 0.1) is 0 Å². The monoisotopic (exact) mass is 293 g/mol. The van der Waals surface area contributed by atoms with Gasteiger partial charge in [-0.2, -0.15) is 0 Å². The van der Waals surface area contributed by atoms with Gasteiger partial charge in [-0.15, -0.1) is 0 Å². The van der Waals surface area contributed by atoms with Crippen LogP contribution in [0.2, 0.25) is 0 Å².